The fourth-order valence-electron chi connectivity index (χ4n) is 0.900. The monoisotopic (exact) mass is 224 g/mol. The number of alkyl halides is 2. The lowest BCUT2D eigenvalue weighted by atomic mass is 10.1. The van der Waals surface area contributed by atoms with Crippen LogP contribution in [0.2, 0.25) is 0 Å². The number of ether oxygens (including phenoxy) is 1. The number of hydrogen-bond donors (Lipinski definition) is 0. The summed E-state index contributed by atoms with van der Waals surface area (Å²) in [6, 6.07) is 0. The predicted molar refractivity (Wildman–Crippen MR) is 41.7 cm³/mol. The summed E-state index contributed by atoms with van der Waals surface area (Å²) in [6.07, 6.45) is 2.69. The highest BCUT2D eigenvalue weighted by Crippen LogP contribution is 2.39. The van der Waals surface area contributed by atoms with Gasteiger partial charge in [0.2, 0.25) is 4.58 Å². The summed E-state index contributed by atoms with van der Waals surface area (Å²) >= 11 is 2.72. The lowest BCUT2D eigenvalue weighted by Gasteiger charge is -2.21. The molecule has 0 heterocycles. The van der Waals surface area contributed by atoms with E-state index in [0.29, 0.717) is 0 Å². The Labute approximate surface area is 71.9 Å². The van der Waals surface area contributed by atoms with Crippen molar-refractivity contribution in [2.75, 3.05) is 7.11 Å². The van der Waals surface area contributed by atoms with Crippen LogP contribution in [0.25, 0.3) is 0 Å². The van der Waals surface area contributed by atoms with Crippen LogP contribution in [0.4, 0.5) is 8.78 Å². The van der Waals surface area contributed by atoms with Gasteiger partial charge in [-0.15, -0.1) is 0 Å². The molecule has 1 aliphatic rings. The lowest BCUT2D eigenvalue weighted by molar-refractivity contribution is 0.175. The maximum atomic E-state index is 13.2. The van der Waals surface area contributed by atoms with Crippen LogP contribution >= 0.6 is 15.9 Å². The van der Waals surface area contributed by atoms with E-state index in [1.54, 1.807) is 0 Å². The van der Waals surface area contributed by atoms with Gasteiger partial charge in [-0.05, 0) is 22.0 Å². The van der Waals surface area contributed by atoms with Crippen molar-refractivity contribution in [3.63, 3.8) is 0 Å². The molecule has 0 bridgehead atoms. The Morgan fingerprint density at radius 1 is 1.73 bits per heavy atom. The minimum absolute atomic E-state index is 0.0869. The van der Waals surface area contributed by atoms with E-state index < -0.39 is 10.4 Å². The van der Waals surface area contributed by atoms with Gasteiger partial charge >= 0.3 is 0 Å². The van der Waals surface area contributed by atoms with E-state index in [1.165, 1.54) is 19.3 Å². The lowest BCUT2D eigenvalue weighted by Crippen LogP contribution is -2.20. The van der Waals surface area contributed by atoms with Crippen LogP contribution in [0.3, 0.4) is 0 Å². The van der Waals surface area contributed by atoms with Crippen molar-refractivity contribution in [1.82, 2.24) is 0 Å². The normalized spacial score (nSPS) is 30.9. The van der Waals surface area contributed by atoms with Crippen molar-refractivity contribution in [3.05, 3.63) is 23.7 Å². The number of rotatable bonds is 1. The molecule has 0 aromatic heterocycles. The molecule has 0 aromatic carbocycles. The van der Waals surface area contributed by atoms with Crippen molar-refractivity contribution in [2.24, 2.45) is 0 Å². The van der Waals surface area contributed by atoms with Gasteiger partial charge in [-0.25, -0.2) is 8.78 Å². The average molecular weight is 225 g/mol. The van der Waals surface area contributed by atoms with Crippen molar-refractivity contribution >= 4 is 15.9 Å². The molecule has 0 radical (unpaired) electrons. The Morgan fingerprint density at radius 2 is 2.36 bits per heavy atom. The first-order chi connectivity index (χ1) is 5.08. The molecule has 1 nitrogen and oxygen atoms in total. The molecule has 0 saturated carbocycles. The Balaban J connectivity index is 3.00. The van der Waals surface area contributed by atoms with Gasteiger partial charge in [0, 0.05) is 6.42 Å². The van der Waals surface area contributed by atoms with Crippen LogP contribution in [0, 0.1) is 0 Å². The van der Waals surface area contributed by atoms with Gasteiger partial charge in [-0.2, -0.15) is 0 Å². The molecule has 4 heteroatoms. The maximum Gasteiger partial charge on any atom is 0.227 e. The van der Waals surface area contributed by atoms with Crippen molar-refractivity contribution < 1.29 is 13.5 Å². The maximum absolute atomic E-state index is 13.2. The first-order valence-corrected chi connectivity index (χ1v) is 3.86. The van der Waals surface area contributed by atoms with Gasteiger partial charge in [0.1, 0.15) is 0 Å². The van der Waals surface area contributed by atoms with Crippen LogP contribution in [0.5, 0.6) is 0 Å². The van der Waals surface area contributed by atoms with E-state index >= 15 is 0 Å². The highest BCUT2D eigenvalue weighted by Gasteiger charge is 2.36. The number of halogens is 3. The van der Waals surface area contributed by atoms with Crippen molar-refractivity contribution in [1.29, 1.82) is 0 Å². The topological polar surface area (TPSA) is 9.23 Å². The van der Waals surface area contributed by atoms with E-state index in [1.807, 2.05) is 0 Å². The van der Waals surface area contributed by atoms with Gasteiger partial charge in [-0.1, -0.05) is 6.08 Å². The smallest absolute Gasteiger partial charge is 0.227 e. The Bertz CT molecular complexity index is 220. The zero-order chi connectivity index (χ0) is 8.48. The summed E-state index contributed by atoms with van der Waals surface area (Å²) in [6.45, 7) is 0. The molecule has 1 atom stereocenters. The van der Waals surface area contributed by atoms with E-state index in [4.69, 9.17) is 0 Å². The second-order valence-corrected chi connectivity index (χ2v) is 3.45. The summed E-state index contributed by atoms with van der Waals surface area (Å²) in [5.41, 5.74) is 0. The minimum atomic E-state index is -1.87. The molecule has 0 spiro atoms. The van der Waals surface area contributed by atoms with Crippen LogP contribution in [-0.4, -0.2) is 11.7 Å². The Morgan fingerprint density at radius 3 is 2.73 bits per heavy atom. The molecular formula is C7H7BrF2O. The summed E-state index contributed by atoms with van der Waals surface area (Å²) in [5.74, 6) is -0.960. The zero-order valence-electron chi connectivity index (χ0n) is 5.90. The van der Waals surface area contributed by atoms with Crippen LogP contribution < -0.4 is 0 Å². The average Bonchev–Trinajstić information content (AvgIpc) is 1.86. The molecule has 0 saturated heterocycles. The summed E-state index contributed by atoms with van der Waals surface area (Å²) < 4.78 is 28.6. The molecule has 1 rings (SSSR count). The molecule has 1 aliphatic carbocycles. The quantitative estimate of drug-likeness (QED) is 0.623. The highest BCUT2D eigenvalue weighted by atomic mass is 79.9. The standard InChI is InChI=1S/C7H7BrF2O/c1-11-6-5(9)3-2-4-7(6,8)10/h2-3H,4H2,1H3. The Kier molecular flexibility index (Phi) is 2.32. The number of methoxy groups -OCH3 is 1. The van der Waals surface area contributed by atoms with Gasteiger partial charge in [0.15, 0.2) is 11.6 Å². The first-order valence-electron chi connectivity index (χ1n) is 3.06. The summed E-state index contributed by atoms with van der Waals surface area (Å²) in [7, 11) is 1.24. The minimum Gasteiger partial charge on any atom is -0.494 e. The predicted octanol–water partition coefficient (Wildman–Crippen LogP) is 2.83. The number of allylic oxidation sites excluding steroid dienone is 4. The van der Waals surface area contributed by atoms with E-state index in [9.17, 15) is 8.78 Å². The van der Waals surface area contributed by atoms with E-state index in [-0.39, 0.29) is 12.2 Å². The van der Waals surface area contributed by atoms with E-state index in [0.717, 1.165) is 0 Å². The van der Waals surface area contributed by atoms with Crippen LogP contribution in [0.1, 0.15) is 6.42 Å². The third-order valence-corrected chi connectivity index (χ3v) is 2.08. The van der Waals surface area contributed by atoms with Gasteiger partial charge in [-0.3, -0.25) is 0 Å². The second-order valence-electron chi connectivity index (χ2n) is 2.19. The van der Waals surface area contributed by atoms with Crippen LogP contribution in [-0.2, 0) is 4.74 Å². The first kappa shape index (κ1) is 8.71. The number of hydrogen-bond acceptors (Lipinski definition) is 1. The summed E-state index contributed by atoms with van der Waals surface area (Å²) in [5, 5.41) is 0. The van der Waals surface area contributed by atoms with Crippen molar-refractivity contribution in [2.45, 2.75) is 11.0 Å². The molecule has 0 aromatic rings. The fourth-order valence-corrected chi connectivity index (χ4v) is 1.44. The molecule has 0 N–H and O–H groups in total. The van der Waals surface area contributed by atoms with Gasteiger partial charge < -0.3 is 4.74 Å². The largest absolute Gasteiger partial charge is 0.494 e. The fraction of sp³-hybridized carbons (Fsp3) is 0.429. The highest BCUT2D eigenvalue weighted by molar-refractivity contribution is 9.10. The van der Waals surface area contributed by atoms with E-state index in [2.05, 4.69) is 20.7 Å². The molecule has 11 heavy (non-hydrogen) atoms. The SMILES string of the molecule is COC1=C(F)C=CCC1(F)Br. The third-order valence-electron chi connectivity index (χ3n) is 1.39. The van der Waals surface area contributed by atoms with Crippen LogP contribution in [0.15, 0.2) is 23.7 Å². The molecular weight excluding hydrogens is 218 g/mol. The summed E-state index contributed by atoms with van der Waals surface area (Å²) in [4.78, 5) is 0. The second kappa shape index (κ2) is 2.93. The van der Waals surface area contributed by atoms with Gasteiger partial charge in [0.25, 0.3) is 0 Å². The van der Waals surface area contributed by atoms with Gasteiger partial charge in [0.05, 0.1) is 7.11 Å². The zero-order valence-corrected chi connectivity index (χ0v) is 7.49. The molecule has 0 amide bonds. The molecule has 62 valence electrons. The molecule has 0 fully saturated rings. The Hall–Kier alpha value is -0.380. The third kappa shape index (κ3) is 1.61. The van der Waals surface area contributed by atoms with Crippen molar-refractivity contribution in [3.8, 4) is 0 Å². The molecule has 1 unspecified atom stereocenters. The molecule has 0 aliphatic heterocycles.